The molecule has 3 aromatic rings. The van der Waals surface area contributed by atoms with E-state index in [0.717, 1.165) is 62.9 Å². The Kier molecular flexibility index (Phi) is 3.79. The van der Waals surface area contributed by atoms with Gasteiger partial charge in [-0.3, -0.25) is 4.90 Å². The molecule has 0 unspecified atom stereocenters. The number of nitrogens with zero attached hydrogens (tertiary/aromatic N) is 7. The van der Waals surface area contributed by atoms with Crippen molar-refractivity contribution in [2.75, 3.05) is 44.2 Å². The molecule has 2 aliphatic heterocycles. The van der Waals surface area contributed by atoms with Crippen LogP contribution in [-0.4, -0.2) is 69.2 Å². The highest BCUT2D eigenvalue weighted by Crippen LogP contribution is 2.39. The molecule has 0 aliphatic carbocycles. The molecule has 2 aliphatic rings. The average Bonchev–Trinajstić information content (AvgIpc) is 3.25. The number of fused-ring (bicyclic) bond motifs is 5. The van der Waals surface area contributed by atoms with Crippen molar-refractivity contribution in [2.24, 2.45) is 0 Å². The third-order valence-electron chi connectivity index (χ3n) is 5.15. The summed E-state index contributed by atoms with van der Waals surface area (Å²) in [6.07, 6.45) is 2.29. The minimum Gasteiger partial charge on any atom is -0.353 e. The third kappa shape index (κ3) is 2.49. The van der Waals surface area contributed by atoms with Crippen molar-refractivity contribution in [3.8, 4) is 0 Å². The minimum atomic E-state index is 0.602. The van der Waals surface area contributed by atoms with Gasteiger partial charge in [-0.2, -0.15) is 9.50 Å². The van der Waals surface area contributed by atoms with Crippen molar-refractivity contribution in [1.82, 2.24) is 35.2 Å². The molecule has 0 spiro atoms. The molecule has 0 atom stereocenters. The molecule has 0 amide bonds. The Labute approximate surface area is 149 Å². The fraction of sp³-hybridized carbons (Fsp3) is 0.625. The molecule has 1 saturated heterocycles. The molecule has 1 N–H and O–H groups in total. The van der Waals surface area contributed by atoms with Crippen LogP contribution in [0.4, 0.5) is 5.82 Å². The average molecular weight is 358 g/mol. The Balaban J connectivity index is 1.70. The third-order valence-corrected chi connectivity index (χ3v) is 6.34. The lowest BCUT2D eigenvalue weighted by Crippen LogP contribution is -2.44. The van der Waals surface area contributed by atoms with Gasteiger partial charge in [-0.15, -0.1) is 11.3 Å². The lowest BCUT2D eigenvalue weighted by molar-refractivity contribution is 0.258. The van der Waals surface area contributed by atoms with Crippen molar-refractivity contribution >= 4 is 33.1 Å². The van der Waals surface area contributed by atoms with E-state index in [2.05, 4.69) is 37.6 Å². The summed E-state index contributed by atoms with van der Waals surface area (Å²) in [5.74, 6) is 1.67. The van der Waals surface area contributed by atoms with Crippen molar-refractivity contribution in [1.29, 1.82) is 0 Å². The Morgan fingerprint density at radius 1 is 1.20 bits per heavy atom. The smallest absolute Gasteiger partial charge is 0.276 e. The molecule has 9 heteroatoms. The highest BCUT2D eigenvalue weighted by atomic mass is 32.1. The summed E-state index contributed by atoms with van der Waals surface area (Å²) in [5.41, 5.74) is 1.46. The fourth-order valence-electron chi connectivity index (χ4n) is 3.97. The van der Waals surface area contributed by atoms with Gasteiger partial charge in [-0.05, 0) is 35.4 Å². The van der Waals surface area contributed by atoms with Gasteiger partial charge in [0.15, 0.2) is 0 Å². The Hall–Kier alpha value is -1.84. The second kappa shape index (κ2) is 6.15. The van der Waals surface area contributed by atoms with Crippen molar-refractivity contribution < 1.29 is 0 Å². The van der Waals surface area contributed by atoms with Gasteiger partial charge in [0.1, 0.15) is 10.6 Å². The molecule has 25 heavy (non-hydrogen) atoms. The van der Waals surface area contributed by atoms with E-state index in [1.54, 1.807) is 0 Å². The maximum atomic E-state index is 4.84. The summed E-state index contributed by atoms with van der Waals surface area (Å²) in [7, 11) is 0. The number of piperazine rings is 1. The van der Waals surface area contributed by atoms with Crippen molar-refractivity contribution in [3.05, 3.63) is 10.4 Å². The second-order valence-electron chi connectivity index (χ2n) is 6.77. The van der Waals surface area contributed by atoms with Crippen LogP contribution < -0.4 is 10.2 Å². The first-order valence-corrected chi connectivity index (χ1v) is 9.87. The number of anilines is 1. The lowest BCUT2D eigenvalue weighted by Gasteiger charge is -2.30. The highest BCUT2D eigenvalue weighted by Gasteiger charge is 2.27. The van der Waals surface area contributed by atoms with Gasteiger partial charge in [0.2, 0.25) is 0 Å². The van der Waals surface area contributed by atoms with Crippen LogP contribution in [0.2, 0.25) is 0 Å². The summed E-state index contributed by atoms with van der Waals surface area (Å²) in [6, 6.07) is 0. The monoisotopic (exact) mass is 358 g/mol. The Bertz CT molecular complexity index is 910. The number of aromatic nitrogens is 5. The first kappa shape index (κ1) is 15.4. The van der Waals surface area contributed by atoms with Crippen LogP contribution in [0, 0.1) is 0 Å². The number of thiophene rings is 1. The summed E-state index contributed by atoms with van der Waals surface area (Å²) in [6.45, 7) is 9.52. The van der Waals surface area contributed by atoms with Crippen LogP contribution >= 0.6 is 11.3 Å². The van der Waals surface area contributed by atoms with Gasteiger partial charge in [-0.25, -0.2) is 0 Å². The zero-order valence-corrected chi connectivity index (χ0v) is 15.2. The quantitative estimate of drug-likeness (QED) is 0.746. The Morgan fingerprint density at radius 3 is 2.92 bits per heavy atom. The molecule has 1 fully saturated rings. The maximum Gasteiger partial charge on any atom is 0.276 e. The van der Waals surface area contributed by atoms with Crippen molar-refractivity contribution in [3.63, 3.8) is 0 Å². The molecular weight excluding hydrogens is 336 g/mol. The topological polar surface area (TPSA) is 74.5 Å². The van der Waals surface area contributed by atoms with E-state index in [4.69, 9.17) is 4.98 Å². The van der Waals surface area contributed by atoms with Gasteiger partial charge in [0.25, 0.3) is 5.78 Å². The molecule has 0 radical (unpaired) electrons. The van der Waals surface area contributed by atoms with Gasteiger partial charge in [-0.1, -0.05) is 12.0 Å². The summed E-state index contributed by atoms with van der Waals surface area (Å²) >= 11 is 1.84. The molecule has 0 bridgehead atoms. The Morgan fingerprint density at radius 2 is 2.08 bits per heavy atom. The zero-order chi connectivity index (χ0) is 16.8. The zero-order valence-electron chi connectivity index (χ0n) is 14.4. The highest BCUT2D eigenvalue weighted by molar-refractivity contribution is 7.19. The number of rotatable bonds is 3. The van der Waals surface area contributed by atoms with E-state index in [-0.39, 0.29) is 0 Å². The van der Waals surface area contributed by atoms with Gasteiger partial charge < -0.3 is 10.2 Å². The number of tetrazole rings is 1. The van der Waals surface area contributed by atoms with Crippen LogP contribution in [0.3, 0.4) is 0 Å². The minimum absolute atomic E-state index is 0.602. The van der Waals surface area contributed by atoms with E-state index in [9.17, 15) is 0 Å². The van der Waals surface area contributed by atoms with E-state index in [0.29, 0.717) is 5.78 Å². The van der Waals surface area contributed by atoms with Crippen LogP contribution in [0.15, 0.2) is 0 Å². The largest absolute Gasteiger partial charge is 0.353 e. The van der Waals surface area contributed by atoms with Crippen LogP contribution in [0.1, 0.15) is 23.8 Å². The van der Waals surface area contributed by atoms with Crippen molar-refractivity contribution in [2.45, 2.75) is 26.3 Å². The molecule has 8 nitrogen and oxygen atoms in total. The predicted octanol–water partition coefficient (Wildman–Crippen LogP) is 0.912. The van der Waals surface area contributed by atoms with E-state index < -0.39 is 0 Å². The van der Waals surface area contributed by atoms with Crippen LogP contribution in [0.25, 0.3) is 16.0 Å². The predicted molar refractivity (Wildman–Crippen MR) is 98.3 cm³/mol. The first-order chi connectivity index (χ1) is 12.3. The molecule has 3 aromatic heterocycles. The summed E-state index contributed by atoms with van der Waals surface area (Å²) < 4.78 is 1.81. The molecule has 5 rings (SSSR count). The molecule has 0 saturated carbocycles. The second-order valence-corrected chi connectivity index (χ2v) is 7.86. The molecule has 5 heterocycles. The standard InChI is InChI=1S/C16H22N8S/c1-2-6-22-7-3-11-12(10-22)25-15-13(11)14(23-8-4-17-5-9-23)18-16-19-20-21-24(15)16/h17H,2-10H2,1H3. The molecular formula is C16H22N8S. The lowest BCUT2D eigenvalue weighted by atomic mass is 10.0. The van der Waals surface area contributed by atoms with Crippen LogP contribution in [0.5, 0.6) is 0 Å². The summed E-state index contributed by atoms with van der Waals surface area (Å²) in [4.78, 5) is 12.4. The maximum absolute atomic E-state index is 4.84. The number of hydrogen-bond acceptors (Lipinski definition) is 8. The molecule has 0 aromatic carbocycles. The number of hydrogen-bond donors (Lipinski definition) is 1. The fourth-order valence-corrected chi connectivity index (χ4v) is 5.30. The van der Waals surface area contributed by atoms with E-state index in [1.165, 1.54) is 22.2 Å². The molecule has 132 valence electrons. The SMILES string of the molecule is CCCN1CCc2c(sc3c2c(N2CCNCC2)nc2nnnn23)C1. The van der Waals surface area contributed by atoms with Gasteiger partial charge in [0.05, 0.1) is 5.39 Å². The van der Waals surface area contributed by atoms with Gasteiger partial charge in [0, 0.05) is 44.1 Å². The van der Waals surface area contributed by atoms with Gasteiger partial charge >= 0.3 is 0 Å². The van der Waals surface area contributed by atoms with Crippen LogP contribution in [-0.2, 0) is 13.0 Å². The van der Waals surface area contributed by atoms with E-state index >= 15 is 0 Å². The first-order valence-electron chi connectivity index (χ1n) is 9.05. The number of nitrogens with one attached hydrogen (secondary N) is 1. The normalized spacial score (nSPS) is 19.0. The van der Waals surface area contributed by atoms with E-state index in [1.807, 2.05) is 15.9 Å². The summed E-state index contributed by atoms with van der Waals surface area (Å²) in [5, 5.41) is 16.9.